The second-order valence-electron chi connectivity index (χ2n) is 8.88. The Balaban J connectivity index is 1.34. The Bertz CT molecular complexity index is 1590. The maximum absolute atomic E-state index is 13.1. The number of carbonyl (C=O) groups is 3. The maximum atomic E-state index is 13.1. The zero-order valence-corrected chi connectivity index (χ0v) is 22.3. The number of carbonyl (C=O) groups excluding carboxylic acids is 3. The molecule has 0 unspecified atom stereocenters. The Kier molecular flexibility index (Phi) is 7.26. The molecule has 4 aromatic rings. The lowest BCUT2D eigenvalue weighted by Crippen LogP contribution is -2.36. The lowest BCUT2D eigenvalue weighted by Gasteiger charge is -2.13. The molecule has 0 spiro atoms. The largest absolute Gasteiger partial charge is 0.495 e. The third-order valence-electron chi connectivity index (χ3n) is 6.19. The minimum atomic E-state index is -0.510. The van der Waals surface area contributed by atoms with Crippen molar-refractivity contribution in [2.45, 2.75) is 13.5 Å². The van der Waals surface area contributed by atoms with Crippen molar-refractivity contribution in [1.29, 1.82) is 0 Å². The maximum Gasteiger partial charge on any atom is 0.294 e. The lowest BCUT2D eigenvalue weighted by atomic mass is 10.1. The van der Waals surface area contributed by atoms with Crippen LogP contribution in [0.1, 0.15) is 16.7 Å². The summed E-state index contributed by atoms with van der Waals surface area (Å²) >= 11 is 6.94. The van der Waals surface area contributed by atoms with Gasteiger partial charge in [-0.05, 0) is 54.6 Å². The molecule has 0 saturated carbocycles. The molecular formula is C29H24ClN3O4S. The fraction of sp³-hybridized carbons (Fsp3) is 0.138. The minimum absolute atomic E-state index is 0.272. The van der Waals surface area contributed by atoms with Crippen LogP contribution in [0.15, 0.2) is 77.8 Å². The third kappa shape index (κ3) is 5.32. The highest BCUT2D eigenvalue weighted by Gasteiger charge is 2.36. The smallest absolute Gasteiger partial charge is 0.294 e. The monoisotopic (exact) mass is 545 g/mol. The van der Waals surface area contributed by atoms with Crippen LogP contribution in [-0.2, 0) is 16.1 Å². The number of imide groups is 1. The molecule has 3 amide bonds. The summed E-state index contributed by atoms with van der Waals surface area (Å²) in [6.45, 7) is 2.32. The van der Waals surface area contributed by atoms with Crippen molar-refractivity contribution in [3.63, 3.8) is 0 Å². The van der Waals surface area contributed by atoms with E-state index in [-0.39, 0.29) is 4.91 Å². The first kappa shape index (κ1) is 25.6. The van der Waals surface area contributed by atoms with Gasteiger partial charge >= 0.3 is 0 Å². The lowest BCUT2D eigenvalue weighted by molar-refractivity contribution is -0.127. The summed E-state index contributed by atoms with van der Waals surface area (Å²) in [7, 11) is 1.49. The SMILES string of the molecule is COc1ccc(NC(=O)CN2C(=O)S/C(=C\c3cn(Cc4ccc(C)cc4)c4ccccc34)C2=O)cc1Cl. The molecule has 1 fully saturated rings. The van der Waals surface area contributed by atoms with Crippen molar-refractivity contribution in [3.8, 4) is 5.75 Å². The van der Waals surface area contributed by atoms with E-state index in [0.717, 1.165) is 38.7 Å². The number of benzene rings is 3. The molecule has 1 aliphatic rings. The zero-order valence-electron chi connectivity index (χ0n) is 20.7. The second kappa shape index (κ2) is 10.8. The number of amides is 3. The van der Waals surface area contributed by atoms with E-state index in [0.29, 0.717) is 23.0 Å². The summed E-state index contributed by atoms with van der Waals surface area (Å²) in [4.78, 5) is 39.6. The minimum Gasteiger partial charge on any atom is -0.495 e. The second-order valence-corrected chi connectivity index (χ2v) is 10.3. The van der Waals surface area contributed by atoms with E-state index in [1.807, 2.05) is 30.5 Å². The summed E-state index contributed by atoms with van der Waals surface area (Å²) in [6, 6.07) is 21.1. The van der Waals surface area contributed by atoms with Crippen LogP contribution in [0.4, 0.5) is 10.5 Å². The van der Waals surface area contributed by atoms with Gasteiger partial charge in [-0.25, -0.2) is 0 Å². The van der Waals surface area contributed by atoms with Gasteiger partial charge in [-0.1, -0.05) is 59.6 Å². The summed E-state index contributed by atoms with van der Waals surface area (Å²) in [5.74, 6) is -0.538. The van der Waals surface area contributed by atoms with E-state index in [2.05, 4.69) is 41.1 Å². The average Bonchev–Trinajstić information content (AvgIpc) is 3.37. The van der Waals surface area contributed by atoms with Crippen LogP contribution >= 0.6 is 23.4 Å². The normalized spacial score (nSPS) is 14.5. The topological polar surface area (TPSA) is 80.6 Å². The number of aryl methyl sites for hydroxylation is 1. The summed E-state index contributed by atoms with van der Waals surface area (Å²) in [5.41, 5.74) is 4.65. The molecule has 1 aliphatic heterocycles. The highest BCUT2D eigenvalue weighted by atomic mass is 35.5. The molecule has 0 aliphatic carbocycles. The number of halogens is 1. The first-order valence-electron chi connectivity index (χ1n) is 11.8. The van der Waals surface area contributed by atoms with E-state index in [1.165, 1.54) is 12.7 Å². The van der Waals surface area contributed by atoms with Gasteiger partial charge in [-0.15, -0.1) is 0 Å². The Hall–Kier alpha value is -4.01. The van der Waals surface area contributed by atoms with Crippen LogP contribution in [0.25, 0.3) is 17.0 Å². The third-order valence-corrected chi connectivity index (χ3v) is 7.39. The molecule has 0 radical (unpaired) electrons. The quantitative estimate of drug-likeness (QED) is 0.274. The molecule has 3 aromatic carbocycles. The molecule has 38 heavy (non-hydrogen) atoms. The molecule has 2 heterocycles. The van der Waals surface area contributed by atoms with Gasteiger partial charge in [0.05, 0.1) is 17.0 Å². The van der Waals surface area contributed by atoms with Crippen molar-refractivity contribution < 1.29 is 19.1 Å². The van der Waals surface area contributed by atoms with Gasteiger partial charge in [0.2, 0.25) is 5.91 Å². The number of methoxy groups -OCH3 is 1. The number of fused-ring (bicyclic) bond motifs is 1. The van der Waals surface area contributed by atoms with Crippen LogP contribution in [0.2, 0.25) is 5.02 Å². The number of aromatic nitrogens is 1. The number of rotatable bonds is 7. The molecule has 7 nitrogen and oxygen atoms in total. The number of para-hydroxylation sites is 1. The van der Waals surface area contributed by atoms with E-state index in [1.54, 1.807) is 24.3 Å². The average molecular weight is 546 g/mol. The first-order valence-corrected chi connectivity index (χ1v) is 13.0. The van der Waals surface area contributed by atoms with Gasteiger partial charge in [0, 0.05) is 34.9 Å². The molecule has 1 saturated heterocycles. The Morgan fingerprint density at radius 3 is 2.58 bits per heavy atom. The molecule has 192 valence electrons. The van der Waals surface area contributed by atoms with Crippen molar-refractivity contribution in [2.75, 3.05) is 19.0 Å². The zero-order chi connectivity index (χ0) is 26.8. The first-order chi connectivity index (χ1) is 18.3. The van der Waals surface area contributed by atoms with E-state index < -0.39 is 23.6 Å². The van der Waals surface area contributed by atoms with Crippen LogP contribution in [0.3, 0.4) is 0 Å². The van der Waals surface area contributed by atoms with Crippen molar-refractivity contribution in [1.82, 2.24) is 9.47 Å². The van der Waals surface area contributed by atoms with E-state index in [4.69, 9.17) is 16.3 Å². The molecule has 1 N–H and O–H groups in total. The van der Waals surface area contributed by atoms with Crippen LogP contribution in [0.5, 0.6) is 5.75 Å². The number of thioether (sulfide) groups is 1. The van der Waals surface area contributed by atoms with Gasteiger partial charge in [-0.3, -0.25) is 19.3 Å². The molecule has 1 aromatic heterocycles. The van der Waals surface area contributed by atoms with Crippen molar-refractivity contribution in [2.24, 2.45) is 0 Å². The number of anilines is 1. The van der Waals surface area contributed by atoms with Crippen molar-refractivity contribution >= 4 is 63.1 Å². The Morgan fingerprint density at radius 1 is 1.08 bits per heavy atom. The van der Waals surface area contributed by atoms with Crippen LogP contribution in [0, 0.1) is 6.92 Å². The van der Waals surface area contributed by atoms with Crippen molar-refractivity contribution in [3.05, 3.63) is 99.5 Å². The van der Waals surface area contributed by atoms with Gasteiger partial charge in [-0.2, -0.15) is 0 Å². The van der Waals surface area contributed by atoms with E-state index >= 15 is 0 Å². The molecule has 0 atom stereocenters. The molecule has 0 bridgehead atoms. The fourth-order valence-electron chi connectivity index (χ4n) is 4.28. The number of nitrogens with zero attached hydrogens (tertiary/aromatic N) is 2. The Morgan fingerprint density at radius 2 is 1.84 bits per heavy atom. The summed E-state index contributed by atoms with van der Waals surface area (Å²) in [5, 5.41) is 3.48. The van der Waals surface area contributed by atoms with E-state index in [9.17, 15) is 14.4 Å². The Labute approximate surface area is 229 Å². The highest BCUT2D eigenvalue weighted by molar-refractivity contribution is 8.18. The van der Waals surface area contributed by atoms with Gasteiger partial charge in [0.15, 0.2) is 0 Å². The fourth-order valence-corrected chi connectivity index (χ4v) is 5.36. The predicted molar refractivity (Wildman–Crippen MR) is 152 cm³/mol. The molecular weight excluding hydrogens is 522 g/mol. The summed E-state index contributed by atoms with van der Waals surface area (Å²) < 4.78 is 7.24. The predicted octanol–water partition coefficient (Wildman–Crippen LogP) is 6.34. The number of hydrogen-bond donors (Lipinski definition) is 1. The number of hydrogen-bond acceptors (Lipinski definition) is 5. The van der Waals surface area contributed by atoms with Crippen LogP contribution < -0.4 is 10.1 Å². The van der Waals surface area contributed by atoms with Gasteiger partial charge in [0.25, 0.3) is 11.1 Å². The number of nitrogens with one attached hydrogen (secondary N) is 1. The standard InChI is InChI=1S/C29H24ClN3O4S/c1-18-7-9-19(10-8-18)15-32-16-20(22-5-3-4-6-24(22)32)13-26-28(35)33(29(36)38-26)17-27(34)31-21-11-12-25(37-2)23(30)14-21/h3-14,16H,15,17H2,1-2H3,(H,31,34)/b26-13-. The van der Waals surface area contributed by atoms with Crippen LogP contribution in [-0.4, -0.2) is 40.2 Å². The summed E-state index contributed by atoms with van der Waals surface area (Å²) in [6.07, 6.45) is 3.71. The molecule has 9 heteroatoms. The molecule has 5 rings (SSSR count). The highest BCUT2D eigenvalue weighted by Crippen LogP contribution is 2.34. The number of ether oxygens (including phenoxy) is 1. The van der Waals surface area contributed by atoms with Gasteiger partial charge in [0.1, 0.15) is 12.3 Å². The van der Waals surface area contributed by atoms with Gasteiger partial charge < -0.3 is 14.6 Å².